The Morgan fingerprint density at radius 1 is 0.941 bits per heavy atom. The number of aryl methyl sites for hydroxylation is 2. The number of ether oxygens (including phenoxy) is 2. The molecule has 6 nitrogen and oxygen atoms in total. The molecule has 0 radical (unpaired) electrons. The molecule has 0 N–H and O–H groups in total. The number of carbonyl (C=O) groups is 2. The van der Waals surface area contributed by atoms with Crippen LogP contribution in [0.25, 0.3) is 21.2 Å². The Morgan fingerprint density at radius 3 is 2.41 bits per heavy atom. The van der Waals surface area contributed by atoms with Crippen molar-refractivity contribution in [2.75, 3.05) is 14.2 Å². The maximum atomic E-state index is 13.3. The third-order valence-corrected chi connectivity index (χ3v) is 6.96. The van der Waals surface area contributed by atoms with Crippen LogP contribution in [-0.2, 0) is 7.05 Å². The number of hydrogen-bond donors (Lipinski definition) is 0. The van der Waals surface area contributed by atoms with Crippen LogP contribution in [0.3, 0.4) is 0 Å². The molecule has 7 heteroatoms. The number of hydrogen-bond acceptors (Lipinski definition) is 6. The molecule has 2 aromatic carbocycles. The van der Waals surface area contributed by atoms with Gasteiger partial charge in [0.2, 0.25) is 0 Å². The van der Waals surface area contributed by atoms with Gasteiger partial charge in [-0.15, -0.1) is 11.3 Å². The maximum Gasteiger partial charge on any atom is 0.200 e. The molecule has 0 atom stereocenters. The van der Waals surface area contributed by atoms with Gasteiger partial charge in [-0.05, 0) is 30.7 Å². The first-order valence-electron chi connectivity index (χ1n) is 10.8. The first-order valence-corrected chi connectivity index (χ1v) is 11.7. The van der Waals surface area contributed by atoms with E-state index in [1.807, 2.05) is 30.5 Å². The zero-order valence-corrected chi connectivity index (χ0v) is 20.3. The van der Waals surface area contributed by atoms with E-state index < -0.39 is 0 Å². The van der Waals surface area contributed by atoms with Gasteiger partial charge in [0.1, 0.15) is 0 Å². The van der Waals surface area contributed by atoms with Crippen molar-refractivity contribution < 1.29 is 19.1 Å². The molecule has 0 unspecified atom stereocenters. The third-order valence-electron chi connectivity index (χ3n) is 5.83. The van der Waals surface area contributed by atoms with Gasteiger partial charge in [-0.1, -0.05) is 18.2 Å². The molecule has 0 saturated heterocycles. The Hall–Kier alpha value is -3.71. The second-order valence-corrected chi connectivity index (χ2v) is 8.98. The van der Waals surface area contributed by atoms with Crippen molar-refractivity contribution in [3.63, 3.8) is 0 Å². The second-order valence-electron chi connectivity index (χ2n) is 8.10. The minimum atomic E-state index is -0.355. The van der Waals surface area contributed by atoms with E-state index in [-0.39, 0.29) is 35.4 Å². The summed E-state index contributed by atoms with van der Waals surface area (Å²) in [6, 6.07) is 10.9. The van der Waals surface area contributed by atoms with E-state index in [2.05, 4.69) is 0 Å². The molecule has 2 heterocycles. The lowest BCUT2D eigenvalue weighted by Gasteiger charge is -2.10. The SMILES string of the molecule is COc1ccc(C(=O)CCC(=O)c2cn(C)cc(-c3csc4c(C)cccc34)c2=O)cc1OC. The Kier molecular flexibility index (Phi) is 6.65. The highest BCUT2D eigenvalue weighted by molar-refractivity contribution is 7.18. The Bertz CT molecular complexity index is 1460. The summed E-state index contributed by atoms with van der Waals surface area (Å²) in [7, 11) is 4.80. The molecule has 4 rings (SSSR count). The zero-order valence-electron chi connectivity index (χ0n) is 19.5. The second kappa shape index (κ2) is 9.65. The van der Waals surface area contributed by atoms with Crippen LogP contribution in [0.1, 0.15) is 39.1 Å². The number of rotatable bonds is 8. The van der Waals surface area contributed by atoms with Crippen LogP contribution in [0.4, 0.5) is 0 Å². The zero-order chi connectivity index (χ0) is 24.4. The normalized spacial score (nSPS) is 10.9. The van der Waals surface area contributed by atoms with Crippen LogP contribution in [0.15, 0.2) is 59.0 Å². The van der Waals surface area contributed by atoms with Gasteiger partial charge in [0.25, 0.3) is 0 Å². The molecule has 0 aliphatic rings. The number of methoxy groups -OCH3 is 2. The van der Waals surface area contributed by atoms with Crippen molar-refractivity contribution >= 4 is 33.0 Å². The van der Waals surface area contributed by atoms with Crippen molar-refractivity contribution in [2.24, 2.45) is 7.05 Å². The van der Waals surface area contributed by atoms with Crippen molar-refractivity contribution in [1.82, 2.24) is 4.57 Å². The number of nitrogens with zero attached hydrogens (tertiary/aromatic N) is 1. The van der Waals surface area contributed by atoms with Crippen LogP contribution >= 0.6 is 11.3 Å². The lowest BCUT2D eigenvalue weighted by atomic mass is 9.98. The van der Waals surface area contributed by atoms with Crippen molar-refractivity contribution in [2.45, 2.75) is 19.8 Å². The fourth-order valence-corrected chi connectivity index (χ4v) is 5.07. The molecule has 4 aromatic rings. The van der Waals surface area contributed by atoms with Crippen LogP contribution in [0, 0.1) is 6.92 Å². The molecule has 0 bridgehead atoms. The quantitative estimate of drug-likeness (QED) is 0.317. The maximum absolute atomic E-state index is 13.3. The van der Waals surface area contributed by atoms with Gasteiger partial charge >= 0.3 is 0 Å². The third kappa shape index (κ3) is 4.39. The molecule has 0 fully saturated rings. The summed E-state index contributed by atoms with van der Waals surface area (Å²) in [5.41, 5.74) is 2.64. The van der Waals surface area contributed by atoms with Crippen LogP contribution in [0.2, 0.25) is 0 Å². The highest BCUT2D eigenvalue weighted by Gasteiger charge is 2.19. The fraction of sp³-hybridized carbons (Fsp3) is 0.222. The average Bonchev–Trinajstić information content (AvgIpc) is 3.28. The van der Waals surface area contributed by atoms with E-state index >= 15 is 0 Å². The number of Topliss-reactive ketones (excluding diaryl/α,β-unsaturated/α-hetero) is 2. The van der Waals surface area contributed by atoms with Crippen molar-refractivity contribution in [3.8, 4) is 22.6 Å². The molecular formula is C27H25NO5S. The minimum Gasteiger partial charge on any atom is -0.493 e. The molecule has 0 aliphatic carbocycles. The number of aromatic nitrogens is 1. The van der Waals surface area contributed by atoms with Crippen LogP contribution < -0.4 is 14.9 Å². The summed E-state index contributed by atoms with van der Waals surface area (Å²) < 4.78 is 13.3. The number of thiophene rings is 1. The molecule has 0 saturated carbocycles. The number of ketones is 2. The molecule has 174 valence electrons. The molecule has 0 spiro atoms. The summed E-state index contributed by atoms with van der Waals surface area (Å²) in [5, 5.41) is 2.96. The van der Waals surface area contributed by atoms with E-state index in [0.717, 1.165) is 21.2 Å². The lowest BCUT2D eigenvalue weighted by Crippen LogP contribution is -2.20. The largest absolute Gasteiger partial charge is 0.493 e. The average molecular weight is 476 g/mol. The monoisotopic (exact) mass is 475 g/mol. The Morgan fingerprint density at radius 2 is 1.68 bits per heavy atom. The summed E-state index contributed by atoms with van der Waals surface area (Å²) in [4.78, 5) is 39.0. The standard InChI is InChI=1S/C27H25NO5S/c1-16-6-5-7-18-21(15-34-27(16)18)19-13-28(2)14-20(26(19)31)23(30)10-9-22(29)17-8-11-24(32-3)25(12-17)33-4/h5-8,11-15H,9-10H2,1-4H3. The van der Waals surface area contributed by atoms with Crippen molar-refractivity contribution in [3.05, 3.63) is 81.1 Å². The van der Waals surface area contributed by atoms with Gasteiger partial charge in [-0.25, -0.2) is 0 Å². The predicted molar refractivity (Wildman–Crippen MR) is 135 cm³/mol. The van der Waals surface area contributed by atoms with Crippen LogP contribution in [-0.4, -0.2) is 30.4 Å². The highest BCUT2D eigenvalue weighted by Crippen LogP contribution is 2.34. The topological polar surface area (TPSA) is 74.6 Å². The summed E-state index contributed by atoms with van der Waals surface area (Å²) in [6.07, 6.45) is 3.21. The van der Waals surface area contributed by atoms with Crippen LogP contribution in [0.5, 0.6) is 11.5 Å². The number of pyridine rings is 1. The van der Waals surface area contributed by atoms with E-state index in [4.69, 9.17) is 9.47 Å². The minimum absolute atomic E-state index is 0.0116. The van der Waals surface area contributed by atoms with E-state index in [1.165, 1.54) is 20.4 Å². The van der Waals surface area contributed by atoms with E-state index in [1.54, 1.807) is 47.3 Å². The number of benzene rings is 2. The lowest BCUT2D eigenvalue weighted by molar-refractivity contribution is 0.0916. The van der Waals surface area contributed by atoms with Gasteiger partial charge < -0.3 is 14.0 Å². The van der Waals surface area contributed by atoms with Gasteiger partial charge in [0, 0.05) is 64.4 Å². The van der Waals surface area contributed by atoms with Gasteiger partial charge in [0.15, 0.2) is 28.5 Å². The molecule has 0 amide bonds. The molecule has 0 aliphatic heterocycles. The Balaban J connectivity index is 1.60. The first-order chi connectivity index (χ1) is 16.3. The molecule has 34 heavy (non-hydrogen) atoms. The first kappa shape index (κ1) is 23.4. The van der Waals surface area contributed by atoms with Gasteiger partial charge in [-0.2, -0.15) is 0 Å². The van der Waals surface area contributed by atoms with Crippen molar-refractivity contribution in [1.29, 1.82) is 0 Å². The molecular weight excluding hydrogens is 450 g/mol. The highest BCUT2D eigenvalue weighted by atomic mass is 32.1. The summed E-state index contributed by atoms with van der Waals surface area (Å²) in [5.74, 6) is 0.402. The Labute approximate surface area is 201 Å². The number of fused-ring (bicyclic) bond motifs is 1. The summed E-state index contributed by atoms with van der Waals surface area (Å²) in [6.45, 7) is 2.04. The van der Waals surface area contributed by atoms with E-state index in [0.29, 0.717) is 22.6 Å². The van der Waals surface area contributed by atoms with Gasteiger partial charge in [-0.3, -0.25) is 14.4 Å². The van der Waals surface area contributed by atoms with Gasteiger partial charge in [0.05, 0.1) is 19.8 Å². The van der Waals surface area contributed by atoms with E-state index in [9.17, 15) is 14.4 Å². The number of carbonyl (C=O) groups excluding carboxylic acids is 2. The predicted octanol–water partition coefficient (Wildman–Crippen LogP) is 5.44. The fourth-order valence-electron chi connectivity index (χ4n) is 4.02. The summed E-state index contributed by atoms with van der Waals surface area (Å²) >= 11 is 1.58. The molecule has 2 aromatic heterocycles. The smallest absolute Gasteiger partial charge is 0.200 e.